The van der Waals surface area contributed by atoms with Crippen molar-refractivity contribution in [3.05, 3.63) is 78.4 Å². The summed E-state index contributed by atoms with van der Waals surface area (Å²) < 4.78 is 0. The molecule has 1 amide bonds. The van der Waals surface area contributed by atoms with Crippen LogP contribution in [0, 0.1) is 11.8 Å². The van der Waals surface area contributed by atoms with Gasteiger partial charge in [0.05, 0.1) is 12.1 Å². The number of rotatable bonds is 5. The van der Waals surface area contributed by atoms with Crippen LogP contribution in [0.25, 0.3) is 11.4 Å². The van der Waals surface area contributed by atoms with Crippen molar-refractivity contribution in [2.75, 3.05) is 6.54 Å². The highest BCUT2D eigenvalue weighted by Crippen LogP contribution is 2.14. The molecule has 0 aliphatic heterocycles. The number of amides is 1. The highest BCUT2D eigenvalue weighted by molar-refractivity contribution is 5.94. The number of carbonyl (C=O) groups excluding carboxylic acids is 1. The first-order valence-corrected chi connectivity index (χ1v) is 9.26. The van der Waals surface area contributed by atoms with Gasteiger partial charge in [0.1, 0.15) is 0 Å². The standard InChI is InChI=1S/C23H22N4O/c1-3-18(2)27(14-8-11-19-9-5-4-6-10-19)23(28)21-16-25-22(26-17-21)20-12-7-13-24-15-20/h4-7,9-10,12-13,15-18H,3,14H2,1-2H3. The van der Waals surface area contributed by atoms with Crippen molar-refractivity contribution >= 4 is 5.91 Å². The molecule has 28 heavy (non-hydrogen) atoms. The average Bonchev–Trinajstić information content (AvgIpc) is 2.77. The number of hydrogen-bond acceptors (Lipinski definition) is 4. The van der Waals surface area contributed by atoms with E-state index in [4.69, 9.17) is 0 Å². The topological polar surface area (TPSA) is 59.0 Å². The van der Waals surface area contributed by atoms with Crippen LogP contribution < -0.4 is 0 Å². The molecule has 1 aromatic carbocycles. The van der Waals surface area contributed by atoms with Gasteiger partial charge in [0.25, 0.3) is 5.91 Å². The third kappa shape index (κ3) is 4.80. The van der Waals surface area contributed by atoms with Crippen molar-refractivity contribution in [3.8, 4) is 23.2 Å². The van der Waals surface area contributed by atoms with Crippen LogP contribution in [0.1, 0.15) is 36.2 Å². The Morgan fingerprint density at radius 2 is 1.82 bits per heavy atom. The van der Waals surface area contributed by atoms with Gasteiger partial charge in [0.2, 0.25) is 0 Å². The monoisotopic (exact) mass is 370 g/mol. The molecule has 0 fully saturated rings. The fourth-order valence-electron chi connectivity index (χ4n) is 2.64. The third-order valence-electron chi connectivity index (χ3n) is 4.46. The van der Waals surface area contributed by atoms with E-state index < -0.39 is 0 Å². The van der Waals surface area contributed by atoms with E-state index in [9.17, 15) is 4.79 Å². The first-order valence-electron chi connectivity index (χ1n) is 9.26. The Bertz CT molecular complexity index is 960. The van der Waals surface area contributed by atoms with Gasteiger partial charge in [-0.25, -0.2) is 9.97 Å². The summed E-state index contributed by atoms with van der Waals surface area (Å²) in [6.07, 6.45) is 7.37. The maximum Gasteiger partial charge on any atom is 0.258 e. The Balaban J connectivity index is 1.77. The predicted molar refractivity (Wildman–Crippen MR) is 109 cm³/mol. The number of pyridine rings is 1. The van der Waals surface area contributed by atoms with Gasteiger partial charge in [-0.1, -0.05) is 37.0 Å². The molecule has 0 saturated heterocycles. The summed E-state index contributed by atoms with van der Waals surface area (Å²) in [7, 11) is 0. The van der Waals surface area contributed by atoms with Gasteiger partial charge in [-0.15, -0.1) is 0 Å². The minimum absolute atomic E-state index is 0.0653. The second kappa shape index (κ2) is 9.43. The van der Waals surface area contributed by atoms with E-state index in [2.05, 4.69) is 33.7 Å². The van der Waals surface area contributed by atoms with E-state index in [-0.39, 0.29) is 11.9 Å². The van der Waals surface area contributed by atoms with E-state index in [0.717, 1.165) is 17.5 Å². The van der Waals surface area contributed by atoms with Gasteiger partial charge in [0, 0.05) is 42.0 Å². The second-order valence-electron chi connectivity index (χ2n) is 6.40. The Hall–Kier alpha value is -3.52. The maximum absolute atomic E-state index is 13.0. The molecule has 0 N–H and O–H groups in total. The number of hydrogen-bond donors (Lipinski definition) is 0. The Morgan fingerprint density at radius 1 is 1.07 bits per heavy atom. The summed E-state index contributed by atoms with van der Waals surface area (Å²) in [6, 6.07) is 13.5. The zero-order chi connectivity index (χ0) is 19.8. The molecule has 0 aliphatic carbocycles. The molecule has 0 bridgehead atoms. The molecular weight excluding hydrogens is 348 g/mol. The van der Waals surface area contributed by atoms with Crippen LogP contribution in [0.3, 0.4) is 0 Å². The molecular formula is C23H22N4O. The summed E-state index contributed by atoms with van der Waals surface area (Å²) in [5.41, 5.74) is 2.20. The maximum atomic E-state index is 13.0. The van der Waals surface area contributed by atoms with Crippen molar-refractivity contribution < 1.29 is 4.79 Å². The van der Waals surface area contributed by atoms with Gasteiger partial charge < -0.3 is 4.90 Å². The molecule has 0 spiro atoms. The van der Waals surface area contributed by atoms with Gasteiger partial charge in [-0.05, 0) is 37.6 Å². The van der Waals surface area contributed by atoms with Crippen LogP contribution in [0.15, 0.2) is 67.3 Å². The van der Waals surface area contributed by atoms with Crippen LogP contribution >= 0.6 is 0 Å². The summed E-state index contributed by atoms with van der Waals surface area (Å²) in [5, 5.41) is 0. The lowest BCUT2D eigenvalue weighted by Crippen LogP contribution is -2.38. The second-order valence-corrected chi connectivity index (χ2v) is 6.40. The van der Waals surface area contributed by atoms with Crippen molar-refractivity contribution in [3.63, 3.8) is 0 Å². The van der Waals surface area contributed by atoms with Crippen LogP contribution in [-0.4, -0.2) is 38.3 Å². The molecule has 5 heteroatoms. The fraction of sp³-hybridized carbons (Fsp3) is 0.217. The molecule has 2 aromatic heterocycles. The molecule has 0 aliphatic rings. The van der Waals surface area contributed by atoms with Gasteiger partial charge in [-0.3, -0.25) is 9.78 Å². The number of aromatic nitrogens is 3. The number of benzene rings is 1. The highest BCUT2D eigenvalue weighted by atomic mass is 16.2. The zero-order valence-corrected chi connectivity index (χ0v) is 16.0. The van der Waals surface area contributed by atoms with Crippen LogP contribution in [0.2, 0.25) is 0 Å². The Kier molecular flexibility index (Phi) is 6.48. The molecule has 140 valence electrons. The smallest absolute Gasteiger partial charge is 0.258 e. The van der Waals surface area contributed by atoms with Crippen LogP contribution in [0.5, 0.6) is 0 Å². The lowest BCUT2D eigenvalue weighted by Gasteiger charge is -2.26. The number of nitrogens with zero attached hydrogens (tertiary/aromatic N) is 4. The van der Waals surface area contributed by atoms with Gasteiger partial charge in [0.15, 0.2) is 5.82 Å². The third-order valence-corrected chi connectivity index (χ3v) is 4.46. The minimum atomic E-state index is -0.116. The molecule has 3 aromatic rings. The average molecular weight is 370 g/mol. The fourth-order valence-corrected chi connectivity index (χ4v) is 2.64. The zero-order valence-electron chi connectivity index (χ0n) is 16.0. The van der Waals surface area contributed by atoms with Crippen molar-refractivity contribution in [2.45, 2.75) is 26.3 Å². The van der Waals surface area contributed by atoms with E-state index in [1.165, 1.54) is 0 Å². The molecule has 1 unspecified atom stereocenters. The summed E-state index contributed by atoms with van der Waals surface area (Å²) in [4.78, 5) is 27.5. The van der Waals surface area contributed by atoms with Crippen molar-refractivity contribution in [1.29, 1.82) is 0 Å². The van der Waals surface area contributed by atoms with Gasteiger partial charge in [-0.2, -0.15) is 0 Å². The van der Waals surface area contributed by atoms with E-state index in [1.54, 1.807) is 29.7 Å². The first-order chi connectivity index (χ1) is 13.7. The largest absolute Gasteiger partial charge is 0.325 e. The summed E-state index contributed by atoms with van der Waals surface area (Å²) >= 11 is 0. The van der Waals surface area contributed by atoms with E-state index in [0.29, 0.717) is 17.9 Å². The van der Waals surface area contributed by atoms with E-state index >= 15 is 0 Å². The molecule has 5 nitrogen and oxygen atoms in total. The highest BCUT2D eigenvalue weighted by Gasteiger charge is 2.20. The Labute approximate surface area is 165 Å². The molecule has 3 rings (SSSR count). The quantitative estimate of drug-likeness (QED) is 0.641. The Morgan fingerprint density at radius 3 is 2.46 bits per heavy atom. The van der Waals surface area contributed by atoms with Crippen LogP contribution in [0.4, 0.5) is 0 Å². The molecule has 1 atom stereocenters. The first kappa shape index (κ1) is 19.2. The summed E-state index contributed by atoms with van der Waals surface area (Å²) in [5.74, 6) is 6.65. The molecule has 0 radical (unpaired) electrons. The number of carbonyl (C=O) groups is 1. The molecule has 0 saturated carbocycles. The lowest BCUT2D eigenvalue weighted by molar-refractivity contribution is 0.0715. The lowest BCUT2D eigenvalue weighted by atomic mass is 10.1. The van der Waals surface area contributed by atoms with Gasteiger partial charge >= 0.3 is 0 Å². The van der Waals surface area contributed by atoms with Crippen LogP contribution in [-0.2, 0) is 0 Å². The normalized spacial score (nSPS) is 11.2. The minimum Gasteiger partial charge on any atom is -0.325 e. The molecule has 2 heterocycles. The predicted octanol–water partition coefficient (Wildman–Crippen LogP) is 3.83. The van der Waals surface area contributed by atoms with Crippen molar-refractivity contribution in [1.82, 2.24) is 19.9 Å². The van der Waals surface area contributed by atoms with Crippen molar-refractivity contribution in [2.24, 2.45) is 0 Å². The van der Waals surface area contributed by atoms with E-state index in [1.807, 2.05) is 49.4 Å². The summed E-state index contributed by atoms with van der Waals surface area (Å²) in [6.45, 7) is 4.43. The SMILES string of the molecule is CCC(C)N(CC#Cc1ccccc1)C(=O)c1cnc(-c2cccnc2)nc1.